The van der Waals surface area contributed by atoms with Gasteiger partial charge in [0.2, 0.25) is 0 Å². The summed E-state index contributed by atoms with van der Waals surface area (Å²) in [5.74, 6) is 0.311. The van der Waals surface area contributed by atoms with Crippen LogP contribution in [-0.2, 0) is 4.79 Å². The van der Waals surface area contributed by atoms with Gasteiger partial charge < -0.3 is 0 Å². The summed E-state index contributed by atoms with van der Waals surface area (Å²) in [6, 6.07) is 11.6. The van der Waals surface area contributed by atoms with Crippen LogP contribution in [0.3, 0.4) is 0 Å². The molecule has 2 amide bonds. The SMILES string of the molecule is CC1=[C]C(c2cccc(C)c2)C2=C(CC(C)(C)CC2=O)N1C(=O)Nc1cc(C)ccn1. The molecule has 1 radical (unpaired) electrons. The normalized spacial score (nSPS) is 20.3. The predicted molar refractivity (Wildman–Crippen MR) is 121 cm³/mol. The fourth-order valence-electron chi connectivity index (χ4n) is 4.52. The van der Waals surface area contributed by atoms with E-state index in [9.17, 15) is 9.59 Å². The van der Waals surface area contributed by atoms with E-state index < -0.39 is 0 Å². The average Bonchev–Trinajstić information content (AvgIpc) is 2.66. The van der Waals surface area contributed by atoms with Gasteiger partial charge in [0.1, 0.15) is 5.82 Å². The maximum atomic E-state index is 13.3. The summed E-state index contributed by atoms with van der Waals surface area (Å²) in [6.45, 7) is 10.0. The number of pyridine rings is 1. The molecule has 31 heavy (non-hydrogen) atoms. The van der Waals surface area contributed by atoms with Gasteiger partial charge in [-0.05, 0) is 61.9 Å². The molecule has 0 bridgehead atoms. The van der Waals surface area contributed by atoms with E-state index in [1.54, 1.807) is 11.1 Å². The van der Waals surface area contributed by atoms with Gasteiger partial charge in [-0.1, -0.05) is 43.7 Å². The number of hydrogen-bond donors (Lipinski definition) is 1. The van der Waals surface area contributed by atoms with Crippen molar-refractivity contribution in [3.8, 4) is 0 Å². The quantitative estimate of drug-likeness (QED) is 0.688. The number of nitrogens with one attached hydrogen (secondary N) is 1. The van der Waals surface area contributed by atoms with Crippen molar-refractivity contribution in [2.75, 3.05) is 5.32 Å². The van der Waals surface area contributed by atoms with Crippen LogP contribution in [0, 0.1) is 25.3 Å². The van der Waals surface area contributed by atoms with Crippen LogP contribution in [-0.4, -0.2) is 21.7 Å². The van der Waals surface area contributed by atoms with Crippen LogP contribution >= 0.6 is 0 Å². The van der Waals surface area contributed by atoms with Crippen molar-refractivity contribution in [1.82, 2.24) is 9.88 Å². The first kappa shape index (κ1) is 21.0. The van der Waals surface area contributed by atoms with Crippen LogP contribution in [0.4, 0.5) is 10.6 Å². The number of benzene rings is 1. The van der Waals surface area contributed by atoms with E-state index in [0.29, 0.717) is 29.9 Å². The molecule has 5 heteroatoms. The van der Waals surface area contributed by atoms with Crippen molar-refractivity contribution in [3.05, 3.63) is 82.3 Å². The number of carbonyl (C=O) groups excluding carboxylic acids is 2. The van der Waals surface area contributed by atoms with Crippen LogP contribution in [0.25, 0.3) is 0 Å². The second kappa shape index (κ2) is 7.80. The van der Waals surface area contributed by atoms with E-state index in [-0.39, 0.29) is 23.1 Å². The number of amides is 2. The molecule has 0 fully saturated rings. The Balaban J connectivity index is 1.78. The molecule has 1 aromatic heterocycles. The van der Waals surface area contributed by atoms with Crippen molar-refractivity contribution in [1.29, 1.82) is 0 Å². The number of Topliss-reactive ketones (excluding diaryl/α,β-unsaturated/α-hetero) is 1. The monoisotopic (exact) mass is 414 g/mol. The topological polar surface area (TPSA) is 62.3 Å². The second-order valence-electron chi connectivity index (χ2n) is 9.36. The molecule has 5 nitrogen and oxygen atoms in total. The van der Waals surface area contributed by atoms with E-state index in [1.165, 1.54) is 0 Å². The van der Waals surface area contributed by atoms with Crippen molar-refractivity contribution < 1.29 is 9.59 Å². The summed E-state index contributed by atoms with van der Waals surface area (Å²) < 4.78 is 0. The van der Waals surface area contributed by atoms with Gasteiger partial charge in [0.25, 0.3) is 0 Å². The molecule has 0 saturated carbocycles. The van der Waals surface area contributed by atoms with E-state index in [1.807, 2.05) is 51.1 Å². The molecule has 1 N–H and O–H groups in total. The first-order chi connectivity index (χ1) is 14.6. The number of urea groups is 1. The third-order valence-corrected chi connectivity index (χ3v) is 5.87. The van der Waals surface area contributed by atoms with Gasteiger partial charge in [0, 0.05) is 35.5 Å². The highest BCUT2D eigenvalue weighted by atomic mass is 16.2. The highest BCUT2D eigenvalue weighted by molar-refractivity contribution is 6.01. The number of aryl methyl sites for hydroxylation is 2. The van der Waals surface area contributed by atoms with E-state index in [0.717, 1.165) is 22.4 Å². The third kappa shape index (κ3) is 4.18. The Morgan fingerprint density at radius 2 is 1.87 bits per heavy atom. The molecule has 2 heterocycles. The zero-order valence-electron chi connectivity index (χ0n) is 18.7. The maximum absolute atomic E-state index is 13.3. The highest BCUT2D eigenvalue weighted by Gasteiger charge is 2.42. The number of nitrogens with zero attached hydrogens (tertiary/aromatic N) is 2. The minimum absolute atomic E-state index is 0.0873. The lowest BCUT2D eigenvalue weighted by Gasteiger charge is -2.41. The number of carbonyl (C=O) groups is 2. The van der Waals surface area contributed by atoms with E-state index >= 15 is 0 Å². The van der Waals surface area contributed by atoms with Gasteiger partial charge in [0.15, 0.2) is 5.78 Å². The Kier molecular flexibility index (Phi) is 5.29. The van der Waals surface area contributed by atoms with Crippen molar-refractivity contribution in [2.45, 2.75) is 53.4 Å². The third-order valence-electron chi connectivity index (χ3n) is 5.87. The molecule has 0 saturated heterocycles. The van der Waals surface area contributed by atoms with Gasteiger partial charge in [-0.2, -0.15) is 0 Å². The first-order valence-electron chi connectivity index (χ1n) is 10.6. The number of anilines is 1. The lowest BCUT2D eigenvalue weighted by molar-refractivity contribution is -0.118. The fraction of sp³-hybridized carbons (Fsp3) is 0.346. The molecule has 159 valence electrons. The molecule has 1 atom stereocenters. The summed E-state index contributed by atoms with van der Waals surface area (Å²) in [6.07, 6.45) is 6.20. The van der Waals surface area contributed by atoms with E-state index in [4.69, 9.17) is 0 Å². The molecule has 1 aliphatic heterocycles. The molecule has 1 aliphatic carbocycles. The van der Waals surface area contributed by atoms with Crippen molar-refractivity contribution >= 4 is 17.6 Å². The maximum Gasteiger partial charge on any atom is 0.331 e. The van der Waals surface area contributed by atoms with Gasteiger partial charge in [-0.15, -0.1) is 0 Å². The number of aromatic nitrogens is 1. The summed E-state index contributed by atoms with van der Waals surface area (Å²) in [4.78, 5) is 32.5. The zero-order chi connectivity index (χ0) is 22.3. The summed E-state index contributed by atoms with van der Waals surface area (Å²) in [5.41, 5.74) is 5.10. The molecule has 2 aromatic rings. The number of ketones is 1. The highest BCUT2D eigenvalue weighted by Crippen LogP contribution is 2.47. The van der Waals surface area contributed by atoms with Gasteiger partial charge >= 0.3 is 6.03 Å². The average molecular weight is 415 g/mol. The second-order valence-corrected chi connectivity index (χ2v) is 9.36. The van der Waals surface area contributed by atoms with Crippen LogP contribution in [0.2, 0.25) is 0 Å². The summed E-state index contributed by atoms with van der Waals surface area (Å²) >= 11 is 0. The van der Waals surface area contributed by atoms with Crippen molar-refractivity contribution in [2.24, 2.45) is 5.41 Å². The Labute approximate surface area is 183 Å². The molecule has 4 rings (SSSR count). The lowest BCUT2D eigenvalue weighted by atomic mass is 9.70. The zero-order valence-corrected chi connectivity index (χ0v) is 18.7. The largest absolute Gasteiger partial charge is 0.331 e. The first-order valence-corrected chi connectivity index (χ1v) is 10.6. The number of hydrogen-bond acceptors (Lipinski definition) is 3. The lowest BCUT2D eigenvalue weighted by Crippen LogP contribution is -2.42. The van der Waals surface area contributed by atoms with Crippen LogP contribution in [0.5, 0.6) is 0 Å². The molecular weight excluding hydrogens is 386 g/mol. The smallest absolute Gasteiger partial charge is 0.294 e. The fourth-order valence-corrected chi connectivity index (χ4v) is 4.52. The molecular formula is C26H28N3O2. The van der Waals surface area contributed by atoms with Gasteiger partial charge in [-0.25, -0.2) is 9.78 Å². The van der Waals surface area contributed by atoms with Crippen LogP contribution in [0.1, 0.15) is 56.2 Å². The molecule has 0 spiro atoms. The Hall–Kier alpha value is -3.21. The Bertz CT molecular complexity index is 1130. The minimum atomic E-state index is -0.316. The number of rotatable bonds is 2. The molecule has 1 aromatic carbocycles. The standard InChI is InChI=1S/C26H28N3O2/c1-16-7-6-8-19(11-16)20-13-18(3)29(21-14-26(4,5)15-22(30)24(20)21)25(31)28-23-12-17(2)9-10-27-23/h6-12,20H,14-15H2,1-5H3,(H,27,28,31). The summed E-state index contributed by atoms with van der Waals surface area (Å²) in [7, 11) is 0. The predicted octanol–water partition coefficient (Wildman–Crippen LogP) is 5.68. The van der Waals surface area contributed by atoms with Gasteiger partial charge in [-0.3, -0.25) is 15.0 Å². The van der Waals surface area contributed by atoms with E-state index in [2.05, 4.69) is 36.3 Å². The molecule has 2 aliphatic rings. The van der Waals surface area contributed by atoms with Crippen molar-refractivity contribution in [3.63, 3.8) is 0 Å². The molecule has 1 unspecified atom stereocenters. The Morgan fingerprint density at radius 1 is 1.13 bits per heavy atom. The van der Waals surface area contributed by atoms with Crippen LogP contribution < -0.4 is 5.32 Å². The summed E-state index contributed by atoms with van der Waals surface area (Å²) in [5, 5.41) is 2.89. The minimum Gasteiger partial charge on any atom is -0.294 e. The van der Waals surface area contributed by atoms with Gasteiger partial charge in [0.05, 0.1) is 0 Å². The Morgan fingerprint density at radius 3 is 2.58 bits per heavy atom. The van der Waals surface area contributed by atoms with Crippen LogP contribution in [0.15, 0.2) is 59.6 Å². The number of allylic oxidation sites excluding steroid dienone is 4.